The number of nitrogens with two attached hydrogens (primary N) is 1. The van der Waals surface area contributed by atoms with Gasteiger partial charge in [-0.2, -0.15) is 11.8 Å². The molecule has 0 saturated heterocycles. The molecule has 1 aromatic heterocycles. The minimum Gasteiger partial charge on any atom is -0.508 e. The van der Waals surface area contributed by atoms with Crippen molar-refractivity contribution in [3.63, 3.8) is 0 Å². The largest absolute Gasteiger partial charge is 0.508 e. The van der Waals surface area contributed by atoms with Crippen LogP contribution in [0.3, 0.4) is 0 Å². The summed E-state index contributed by atoms with van der Waals surface area (Å²) in [7, 11) is 0. The van der Waals surface area contributed by atoms with Gasteiger partial charge in [-0.05, 0) is 65.5 Å². The molecule has 9 N–H and O–H groups in total. The molecular formula is C34H39N5O7S. The van der Waals surface area contributed by atoms with E-state index in [2.05, 4.69) is 20.9 Å². The molecule has 3 amide bonds. The van der Waals surface area contributed by atoms with Gasteiger partial charge in [-0.1, -0.05) is 42.5 Å². The number of thioether (sulfide) groups is 1. The zero-order chi connectivity index (χ0) is 33.9. The van der Waals surface area contributed by atoms with E-state index in [0.717, 1.165) is 10.9 Å². The predicted octanol–water partition coefficient (Wildman–Crippen LogP) is 2.23. The smallest absolute Gasteiger partial charge is 0.326 e. The van der Waals surface area contributed by atoms with Crippen LogP contribution in [-0.4, -0.2) is 80.2 Å². The molecule has 1 heterocycles. The Morgan fingerprint density at radius 2 is 1.26 bits per heavy atom. The average Bonchev–Trinajstić information content (AvgIpc) is 3.47. The molecule has 4 rings (SSSR count). The Labute approximate surface area is 276 Å². The van der Waals surface area contributed by atoms with Gasteiger partial charge in [0, 0.05) is 36.4 Å². The number of benzene rings is 3. The number of carboxylic acid groups (broad SMARTS) is 1. The topological polar surface area (TPSA) is 207 Å². The van der Waals surface area contributed by atoms with Gasteiger partial charge >= 0.3 is 5.97 Å². The van der Waals surface area contributed by atoms with Crippen LogP contribution >= 0.6 is 11.8 Å². The van der Waals surface area contributed by atoms with Gasteiger partial charge in [0.1, 0.15) is 29.6 Å². The number of phenolic OH excluding ortho intramolecular Hbond substituents is 2. The van der Waals surface area contributed by atoms with E-state index < -0.39 is 47.9 Å². The molecule has 12 nitrogen and oxygen atoms in total. The molecule has 0 aliphatic rings. The zero-order valence-electron chi connectivity index (χ0n) is 25.8. The molecule has 0 aliphatic carbocycles. The normalized spacial score (nSPS) is 13.7. The lowest BCUT2D eigenvalue weighted by Gasteiger charge is -2.25. The van der Waals surface area contributed by atoms with Crippen LogP contribution in [0, 0.1) is 0 Å². The first-order valence-electron chi connectivity index (χ1n) is 15.0. The first-order valence-corrected chi connectivity index (χ1v) is 16.4. The molecule has 4 aromatic rings. The van der Waals surface area contributed by atoms with E-state index in [4.69, 9.17) is 5.73 Å². The van der Waals surface area contributed by atoms with Gasteiger partial charge in [0.25, 0.3) is 0 Å². The van der Waals surface area contributed by atoms with Crippen molar-refractivity contribution in [1.82, 2.24) is 20.9 Å². The number of aromatic nitrogens is 1. The quantitative estimate of drug-likeness (QED) is 0.0885. The number of hydrogen-bond donors (Lipinski definition) is 8. The highest BCUT2D eigenvalue weighted by Gasteiger charge is 2.31. The average molecular weight is 662 g/mol. The van der Waals surface area contributed by atoms with Crippen LogP contribution in [0.4, 0.5) is 0 Å². The number of carbonyl (C=O) groups is 4. The fraction of sp³-hybridized carbons (Fsp3) is 0.294. The molecular weight excluding hydrogens is 622 g/mol. The van der Waals surface area contributed by atoms with Crippen LogP contribution in [0.1, 0.15) is 23.1 Å². The maximum Gasteiger partial charge on any atom is 0.326 e. The van der Waals surface area contributed by atoms with E-state index in [9.17, 15) is 34.5 Å². The first-order chi connectivity index (χ1) is 22.5. The van der Waals surface area contributed by atoms with Crippen LogP contribution in [0.5, 0.6) is 11.5 Å². The third kappa shape index (κ3) is 9.99. The maximum absolute atomic E-state index is 13.8. The van der Waals surface area contributed by atoms with Crippen LogP contribution in [0.2, 0.25) is 0 Å². The highest BCUT2D eigenvalue weighted by atomic mass is 32.2. The fourth-order valence-corrected chi connectivity index (χ4v) is 5.56. The summed E-state index contributed by atoms with van der Waals surface area (Å²) in [5, 5.41) is 38.3. The molecule has 0 radical (unpaired) electrons. The minimum absolute atomic E-state index is 0.0120. The maximum atomic E-state index is 13.8. The van der Waals surface area contributed by atoms with Gasteiger partial charge in [0.15, 0.2) is 0 Å². The molecule has 3 aromatic carbocycles. The van der Waals surface area contributed by atoms with Crippen LogP contribution in [0.25, 0.3) is 10.9 Å². The van der Waals surface area contributed by atoms with Crippen LogP contribution in [-0.2, 0) is 38.4 Å². The molecule has 4 unspecified atom stereocenters. The van der Waals surface area contributed by atoms with Crippen LogP contribution < -0.4 is 21.7 Å². The summed E-state index contributed by atoms with van der Waals surface area (Å²) in [4.78, 5) is 55.9. The van der Waals surface area contributed by atoms with Crippen LogP contribution in [0.15, 0.2) is 79.0 Å². The first kappa shape index (κ1) is 34.9. The second kappa shape index (κ2) is 16.5. The Kier molecular flexibility index (Phi) is 12.3. The predicted molar refractivity (Wildman–Crippen MR) is 180 cm³/mol. The summed E-state index contributed by atoms with van der Waals surface area (Å²) in [6.45, 7) is 0. The van der Waals surface area contributed by atoms with Crippen molar-refractivity contribution in [3.05, 3.63) is 95.7 Å². The number of H-pyrrole nitrogens is 1. The summed E-state index contributed by atoms with van der Waals surface area (Å²) in [6, 6.07) is 15.0. The molecule has 0 spiro atoms. The van der Waals surface area contributed by atoms with E-state index in [1.807, 2.05) is 30.5 Å². The number of rotatable bonds is 16. The molecule has 248 valence electrons. The Hall–Kier alpha value is -5.01. The monoisotopic (exact) mass is 661 g/mol. The van der Waals surface area contributed by atoms with E-state index in [1.54, 1.807) is 30.5 Å². The van der Waals surface area contributed by atoms with Crippen molar-refractivity contribution in [1.29, 1.82) is 0 Å². The SMILES string of the molecule is CSCCC(N)C(=O)NC(Cc1ccc(O)cc1)C(=O)NC(Cc1ccc(O)cc1)C(=O)NC(Cc1c[nH]c2ccccc12)C(=O)O. The number of aromatic amines is 1. The summed E-state index contributed by atoms with van der Waals surface area (Å²) >= 11 is 1.53. The fourth-order valence-electron chi connectivity index (χ4n) is 5.07. The summed E-state index contributed by atoms with van der Waals surface area (Å²) in [5.41, 5.74) is 8.81. The minimum atomic E-state index is -1.32. The van der Waals surface area contributed by atoms with Crippen molar-refractivity contribution in [3.8, 4) is 11.5 Å². The number of aliphatic carboxylic acids is 1. The third-order valence-corrected chi connectivity index (χ3v) is 8.35. The number of para-hydroxylation sites is 1. The molecule has 4 atom stereocenters. The molecule has 0 fully saturated rings. The summed E-state index contributed by atoms with van der Waals surface area (Å²) < 4.78 is 0. The molecule has 0 saturated carbocycles. The van der Waals surface area contributed by atoms with E-state index >= 15 is 0 Å². The number of carbonyl (C=O) groups excluding carboxylic acids is 3. The number of carboxylic acids is 1. The Morgan fingerprint density at radius 1 is 0.745 bits per heavy atom. The lowest BCUT2D eigenvalue weighted by Crippen LogP contribution is -2.58. The van der Waals surface area contributed by atoms with E-state index in [1.165, 1.54) is 36.0 Å². The molecule has 13 heteroatoms. The molecule has 0 aliphatic heterocycles. The number of phenols is 2. The highest BCUT2D eigenvalue weighted by Crippen LogP contribution is 2.20. The Balaban J connectivity index is 1.57. The number of fused-ring (bicyclic) bond motifs is 1. The standard InChI is InChI=1S/C34H39N5O7S/c1-47-15-14-26(35)31(42)37-28(16-20-6-10-23(40)11-7-20)32(43)38-29(17-21-8-12-24(41)13-9-21)33(44)39-30(34(45)46)18-22-19-36-27-5-3-2-4-25(22)27/h2-13,19,26,28-30,36,40-41H,14-18,35H2,1H3,(H,37,42)(H,38,43)(H,39,44)(H,45,46). The Bertz CT molecular complexity index is 1680. The van der Waals surface area contributed by atoms with E-state index in [0.29, 0.717) is 28.9 Å². The highest BCUT2D eigenvalue weighted by molar-refractivity contribution is 7.98. The van der Waals surface area contributed by atoms with Crippen molar-refractivity contribution in [2.24, 2.45) is 5.73 Å². The second-order valence-electron chi connectivity index (χ2n) is 11.2. The van der Waals surface area contributed by atoms with Gasteiger partial charge in [-0.25, -0.2) is 4.79 Å². The Morgan fingerprint density at radius 3 is 1.79 bits per heavy atom. The lowest BCUT2D eigenvalue weighted by atomic mass is 10.0. The third-order valence-electron chi connectivity index (χ3n) is 7.70. The van der Waals surface area contributed by atoms with Gasteiger partial charge in [0.05, 0.1) is 6.04 Å². The van der Waals surface area contributed by atoms with Gasteiger partial charge in [-0.3, -0.25) is 14.4 Å². The number of aromatic hydroxyl groups is 2. The van der Waals surface area contributed by atoms with Crippen molar-refractivity contribution in [2.75, 3.05) is 12.0 Å². The van der Waals surface area contributed by atoms with Crippen molar-refractivity contribution >= 4 is 46.4 Å². The van der Waals surface area contributed by atoms with Gasteiger partial charge in [0.2, 0.25) is 17.7 Å². The number of amides is 3. The van der Waals surface area contributed by atoms with Gasteiger partial charge in [-0.15, -0.1) is 0 Å². The summed E-state index contributed by atoms with van der Waals surface area (Å²) in [5.74, 6) is -2.54. The summed E-state index contributed by atoms with van der Waals surface area (Å²) in [6.07, 6.45) is 3.95. The van der Waals surface area contributed by atoms with Crippen molar-refractivity contribution < 1.29 is 34.5 Å². The zero-order valence-corrected chi connectivity index (χ0v) is 26.6. The number of nitrogens with one attached hydrogen (secondary N) is 4. The molecule has 0 bridgehead atoms. The number of hydrogen-bond acceptors (Lipinski definition) is 8. The van der Waals surface area contributed by atoms with E-state index in [-0.39, 0.29) is 30.8 Å². The van der Waals surface area contributed by atoms with Gasteiger partial charge < -0.3 is 42.0 Å². The molecule has 47 heavy (non-hydrogen) atoms. The second-order valence-corrected chi connectivity index (χ2v) is 12.2. The lowest BCUT2D eigenvalue weighted by molar-refractivity contribution is -0.142. The van der Waals surface area contributed by atoms with Crippen molar-refractivity contribution in [2.45, 2.75) is 49.9 Å².